The Morgan fingerprint density at radius 2 is 2.12 bits per heavy atom. The summed E-state index contributed by atoms with van der Waals surface area (Å²) in [6.45, 7) is 1.76. The topological polar surface area (TPSA) is 12.0 Å². The van der Waals surface area contributed by atoms with Gasteiger partial charge in [-0.25, -0.2) is 0 Å². The molecule has 1 aromatic rings. The van der Waals surface area contributed by atoms with Crippen LogP contribution in [-0.2, 0) is 11.6 Å². The number of fused-ring (bicyclic) bond motifs is 1. The average molecular weight is 227 g/mol. The van der Waals surface area contributed by atoms with Crippen LogP contribution in [0.25, 0.3) is 0 Å². The molecule has 16 heavy (non-hydrogen) atoms. The lowest BCUT2D eigenvalue weighted by molar-refractivity contribution is -0.137. The highest BCUT2D eigenvalue weighted by Crippen LogP contribution is 2.56. The van der Waals surface area contributed by atoms with Crippen molar-refractivity contribution in [2.24, 2.45) is 5.92 Å². The molecule has 1 heterocycles. The summed E-state index contributed by atoms with van der Waals surface area (Å²) in [5.41, 5.74) is 0.315. The summed E-state index contributed by atoms with van der Waals surface area (Å²) in [6.07, 6.45) is -3.20. The van der Waals surface area contributed by atoms with E-state index in [-0.39, 0.29) is 5.41 Å². The molecule has 0 spiro atoms. The van der Waals surface area contributed by atoms with E-state index >= 15 is 0 Å². The molecule has 1 aliphatic heterocycles. The van der Waals surface area contributed by atoms with Crippen LogP contribution in [-0.4, -0.2) is 13.1 Å². The Labute approximate surface area is 91.7 Å². The maximum absolute atomic E-state index is 12.6. The summed E-state index contributed by atoms with van der Waals surface area (Å²) in [5, 5.41) is 3.24. The van der Waals surface area contributed by atoms with Crippen molar-refractivity contribution in [3.63, 3.8) is 0 Å². The van der Waals surface area contributed by atoms with Crippen molar-refractivity contribution in [2.45, 2.75) is 18.0 Å². The minimum Gasteiger partial charge on any atom is -0.316 e. The predicted octanol–water partition coefficient (Wildman–Crippen LogP) is 2.57. The van der Waals surface area contributed by atoms with Gasteiger partial charge in [0, 0.05) is 12.0 Å². The molecule has 1 aliphatic carbocycles. The van der Waals surface area contributed by atoms with E-state index in [1.807, 2.05) is 6.07 Å². The van der Waals surface area contributed by atoms with Gasteiger partial charge in [-0.3, -0.25) is 0 Å². The fraction of sp³-hybridized carbons (Fsp3) is 0.500. The molecular formula is C12H12F3N. The van der Waals surface area contributed by atoms with Crippen LogP contribution in [0, 0.1) is 5.92 Å². The number of piperidine rings is 1. The number of rotatable bonds is 1. The van der Waals surface area contributed by atoms with Gasteiger partial charge in [-0.05, 0) is 30.5 Å². The van der Waals surface area contributed by atoms with Crippen molar-refractivity contribution in [3.05, 3.63) is 35.4 Å². The van der Waals surface area contributed by atoms with Crippen LogP contribution in [0.5, 0.6) is 0 Å². The molecule has 0 amide bonds. The standard InChI is InChI=1S/C12H12F3N/c13-12(14,15)9-3-1-2-8(4-9)11-5-10(11)6-16-7-11/h1-4,10,16H,5-7H2/t10-,11-/m1/s1. The molecule has 1 saturated carbocycles. The molecule has 1 N–H and O–H groups in total. The maximum atomic E-state index is 12.6. The normalized spacial score (nSPS) is 32.6. The average Bonchev–Trinajstić information content (AvgIpc) is 2.81. The Kier molecular flexibility index (Phi) is 1.90. The number of benzene rings is 1. The van der Waals surface area contributed by atoms with Crippen molar-refractivity contribution in [3.8, 4) is 0 Å². The van der Waals surface area contributed by atoms with Crippen LogP contribution in [0.15, 0.2) is 24.3 Å². The minimum atomic E-state index is -4.23. The molecule has 1 saturated heterocycles. The van der Waals surface area contributed by atoms with Crippen LogP contribution in [0.2, 0.25) is 0 Å². The molecule has 0 unspecified atom stereocenters. The second-order valence-corrected chi connectivity index (χ2v) is 4.77. The monoisotopic (exact) mass is 227 g/mol. The molecule has 4 heteroatoms. The number of hydrogen-bond acceptors (Lipinski definition) is 1. The van der Waals surface area contributed by atoms with E-state index in [0.717, 1.165) is 31.1 Å². The van der Waals surface area contributed by atoms with Crippen LogP contribution >= 0.6 is 0 Å². The fourth-order valence-electron chi connectivity index (χ4n) is 2.80. The van der Waals surface area contributed by atoms with Crippen molar-refractivity contribution >= 4 is 0 Å². The molecular weight excluding hydrogens is 215 g/mol. The lowest BCUT2D eigenvalue weighted by Crippen LogP contribution is -2.19. The first-order valence-electron chi connectivity index (χ1n) is 5.41. The van der Waals surface area contributed by atoms with E-state index in [0.29, 0.717) is 5.92 Å². The second kappa shape index (κ2) is 3.00. The molecule has 2 aliphatic rings. The smallest absolute Gasteiger partial charge is 0.316 e. The first-order chi connectivity index (χ1) is 7.52. The van der Waals surface area contributed by atoms with Gasteiger partial charge < -0.3 is 5.32 Å². The van der Waals surface area contributed by atoms with E-state index in [4.69, 9.17) is 0 Å². The molecule has 0 radical (unpaired) electrons. The summed E-state index contributed by atoms with van der Waals surface area (Å²) in [4.78, 5) is 0. The van der Waals surface area contributed by atoms with E-state index in [2.05, 4.69) is 5.32 Å². The van der Waals surface area contributed by atoms with Gasteiger partial charge in [0.15, 0.2) is 0 Å². The van der Waals surface area contributed by atoms with Crippen LogP contribution < -0.4 is 5.32 Å². The Balaban J connectivity index is 1.98. The third-order valence-corrected chi connectivity index (χ3v) is 3.83. The van der Waals surface area contributed by atoms with Gasteiger partial charge in [0.05, 0.1) is 5.56 Å². The number of halogens is 3. The van der Waals surface area contributed by atoms with Crippen molar-refractivity contribution < 1.29 is 13.2 Å². The maximum Gasteiger partial charge on any atom is 0.416 e. The molecule has 2 fully saturated rings. The molecule has 0 aromatic heterocycles. The Morgan fingerprint density at radius 1 is 1.31 bits per heavy atom. The van der Waals surface area contributed by atoms with Gasteiger partial charge in [0.25, 0.3) is 0 Å². The van der Waals surface area contributed by atoms with E-state index < -0.39 is 11.7 Å². The number of nitrogens with one attached hydrogen (secondary N) is 1. The molecule has 1 aromatic carbocycles. The summed E-state index contributed by atoms with van der Waals surface area (Å²) in [6, 6.07) is 5.79. The van der Waals surface area contributed by atoms with Crippen LogP contribution in [0.3, 0.4) is 0 Å². The molecule has 2 atom stereocenters. The fourth-order valence-corrected chi connectivity index (χ4v) is 2.80. The zero-order valence-corrected chi connectivity index (χ0v) is 8.64. The van der Waals surface area contributed by atoms with Gasteiger partial charge in [0.1, 0.15) is 0 Å². The first kappa shape index (κ1) is 10.1. The van der Waals surface area contributed by atoms with E-state index in [9.17, 15) is 13.2 Å². The lowest BCUT2D eigenvalue weighted by Gasteiger charge is -2.14. The zero-order chi connectivity index (χ0) is 11.4. The summed E-state index contributed by atoms with van der Waals surface area (Å²) < 4.78 is 37.7. The summed E-state index contributed by atoms with van der Waals surface area (Å²) >= 11 is 0. The highest BCUT2D eigenvalue weighted by atomic mass is 19.4. The first-order valence-corrected chi connectivity index (χ1v) is 5.41. The SMILES string of the molecule is FC(F)(F)c1cccc([C@@]23CNC[C@H]2C3)c1. The van der Waals surface area contributed by atoms with Gasteiger partial charge in [0.2, 0.25) is 0 Å². The van der Waals surface area contributed by atoms with Gasteiger partial charge in [-0.1, -0.05) is 18.2 Å². The van der Waals surface area contributed by atoms with Crippen molar-refractivity contribution in [2.75, 3.05) is 13.1 Å². The van der Waals surface area contributed by atoms with Crippen molar-refractivity contribution in [1.29, 1.82) is 0 Å². The second-order valence-electron chi connectivity index (χ2n) is 4.77. The van der Waals surface area contributed by atoms with Crippen molar-refractivity contribution in [1.82, 2.24) is 5.32 Å². The van der Waals surface area contributed by atoms with Crippen LogP contribution in [0.4, 0.5) is 13.2 Å². The Hall–Kier alpha value is -1.03. The number of hydrogen-bond donors (Lipinski definition) is 1. The van der Waals surface area contributed by atoms with Gasteiger partial charge in [-0.15, -0.1) is 0 Å². The third kappa shape index (κ3) is 1.36. The highest BCUT2D eigenvalue weighted by Gasteiger charge is 2.58. The largest absolute Gasteiger partial charge is 0.416 e. The summed E-state index contributed by atoms with van der Waals surface area (Å²) in [7, 11) is 0. The third-order valence-electron chi connectivity index (χ3n) is 3.83. The number of alkyl halides is 3. The molecule has 86 valence electrons. The predicted molar refractivity (Wildman–Crippen MR) is 54.1 cm³/mol. The minimum absolute atomic E-state index is 0.00125. The zero-order valence-electron chi connectivity index (χ0n) is 8.64. The lowest BCUT2D eigenvalue weighted by atomic mass is 9.93. The Bertz CT molecular complexity index is 427. The van der Waals surface area contributed by atoms with E-state index in [1.165, 1.54) is 12.1 Å². The Morgan fingerprint density at radius 3 is 2.69 bits per heavy atom. The highest BCUT2D eigenvalue weighted by molar-refractivity contribution is 5.39. The molecule has 1 nitrogen and oxygen atoms in total. The van der Waals surface area contributed by atoms with E-state index in [1.54, 1.807) is 0 Å². The molecule has 3 rings (SSSR count). The van der Waals surface area contributed by atoms with Gasteiger partial charge >= 0.3 is 6.18 Å². The molecule has 0 bridgehead atoms. The van der Waals surface area contributed by atoms with Gasteiger partial charge in [-0.2, -0.15) is 13.2 Å². The quantitative estimate of drug-likeness (QED) is 0.777. The summed E-state index contributed by atoms with van der Waals surface area (Å²) in [5.74, 6) is 0.538. The van der Waals surface area contributed by atoms with Crippen LogP contribution in [0.1, 0.15) is 17.5 Å².